The summed E-state index contributed by atoms with van der Waals surface area (Å²) < 4.78 is 35.1. The molecular formula is C34H28O7. The minimum atomic E-state index is -1.13. The predicted octanol–water partition coefficient (Wildman–Crippen LogP) is 7.15. The monoisotopic (exact) mass is 548 g/mol. The van der Waals surface area contributed by atoms with Crippen LogP contribution in [0.1, 0.15) is 10.4 Å². The number of hydrogen-bond acceptors (Lipinski definition) is 7. The van der Waals surface area contributed by atoms with Crippen LogP contribution in [0, 0.1) is 0 Å². The van der Waals surface area contributed by atoms with Crippen LogP contribution in [0.15, 0.2) is 146 Å². The van der Waals surface area contributed by atoms with Gasteiger partial charge in [0.2, 0.25) is 0 Å². The van der Waals surface area contributed by atoms with Crippen LogP contribution >= 0.6 is 0 Å². The van der Waals surface area contributed by atoms with Gasteiger partial charge in [-0.1, -0.05) is 72.8 Å². The maximum atomic E-state index is 12.9. The molecule has 5 rings (SSSR count). The number of para-hydroxylation sites is 4. The molecule has 0 aromatic heterocycles. The van der Waals surface area contributed by atoms with Gasteiger partial charge in [0.1, 0.15) is 35.4 Å². The molecule has 0 aliphatic heterocycles. The van der Waals surface area contributed by atoms with Crippen LogP contribution in [-0.2, 0) is 4.74 Å². The van der Waals surface area contributed by atoms with E-state index < -0.39 is 13.0 Å². The molecule has 0 bridgehead atoms. The summed E-state index contributed by atoms with van der Waals surface area (Å²) in [6, 6.07) is 43.3. The Hall–Kier alpha value is -5.27. The first kappa shape index (κ1) is 27.3. The number of carbonyl (C=O) groups is 1. The van der Waals surface area contributed by atoms with E-state index in [9.17, 15) is 4.79 Å². The van der Waals surface area contributed by atoms with Gasteiger partial charge in [-0.2, -0.15) is 0 Å². The van der Waals surface area contributed by atoms with E-state index in [0.29, 0.717) is 34.3 Å². The van der Waals surface area contributed by atoms with Crippen molar-refractivity contribution in [2.75, 3.05) is 6.61 Å². The second kappa shape index (κ2) is 14.2. The molecule has 5 aromatic carbocycles. The normalized spacial score (nSPS) is 10.7. The highest BCUT2D eigenvalue weighted by Gasteiger charge is 2.18. The number of rotatable bonds is 14. The van der Waals surface area contributed by atoms with Gasteiger partial charge >= 0.3 is 13.0 Å². The Kier molecular flexibility index (Phi) is 9.46. The van der Waals surface area contributed by atoms with E-state index in [4.69, 9.17) is 28.4 Å². The lowest BCUT2D eigenvalue weighted by molar-refractivity contribution is -0.192. The number of benzene rings is 5. The van der Waals surface area contributed by atoms with Crippen molar-refractivity contribution in [1.29, 1.82) is 0 Å². The standard InChI is InChI=1S/C34H28O7/c35-32(25-36-33(37-27-13-5-1-6-14-27)38-28-15-7-2-8-16-28)26-21-23-31(24-22-26)41-34(39-29-17-9-3-10-18-29)40-30-19-11-4-12-20-30/h1-24,33-34H,25H2. The lowest BCUT2D eigenvalue weighted by atomic mass is 10.1. The van der Waals surface area contributed by atoms with Gasteiger partial charge < -0.3 is 28.4 Å². The Morgan fingerprint density at radius 1 is 0.415 bits per heavy atom. The summed E-state index contributed by atoms with van der Waals surface area (Å²) in [6.07, 6.45) is 0. The number of carbonyl (C=O) groups excluding carboxylic acids is 1. The molecule has 0 radical (unpaired) electrons. The highest BCUT2D eigenvalue weighted by Crippen LogP contribution is 2.21. The van der Waals surface area contributed by atoms with Crippen LogP contribution in [-0.4, -0.2) is 25.3 Å². The molecule has 0 spiro atoms. The summed E-state index contributed by atoms with van der Waals surface area (Å²) in [7, 11) is 0. The van der Waals surface area contributed by atoms with Crippen molar-refractivity contribution in [2.45, 2.75) is 13.0 Å². The SMILES string of the molecule is O=C(COC(Oc1ccccc1)Oc1ccccc1)c1ccc(OC(Oc2ccccc2)Oc2ccccc2)cc1. The minimum Gasteiger partial charge on any atom is -0.432 e. The minimum absolute atomic E-state index is 0.257. The number of hydrogen-bond donors (Lipinski definition) is 0. The van der Waals surface area contributed by atoms with E-state index in [1.165, 1.54) is 0 Å². The van der Waals surface area contributed by atoms with Crippen molar-refractivity contribution in [1.82, 2.24) is 0 Å². The molecule has 0 atom stereocenters. The molecule has 7 heteroatoms. The van der Waals surface area contributed by atoms with Crippen LogP contribution in [0.3, 0.4) is 0 Å². The van der Waals surface area contributed by atoms with Gasteiger partial charge in [0.15, 0.2) is 5.78 Å². The molecule has 0 amide bonds. The molecule has 7 nitrogen and oxygen atoms in total. The zero-order valence-electron chi connectivity index (χ0n) is 22.1. The zero-order valence-corrected chi connectivity index (χ0v) is 22.1. The number of ether oxygens (including phenoxy) is 6. The molecule has 0 heterocycles. The summed E-state index contributed by atoms with van der Waals surface area (Å²) in [6.45, 7) is -2.45. The highest BCUT2D eigenvalue weighted by molar-refractivity contribution is 5.97. The van der Waals surface area contributed by atoms with E-state index in [2.05, 4.69) is 0 Å². The lowest BCUT2D eigenvalue weighted by Gasteiger charge is -2.21. The van der Waals surface area contributed by atoms with Crippen molar-refractivity contribution >= 4 is 5.78 Å². The fraction of sp³-hybridized carbons (Fsp3) is 0.0882. The predicted molar refractivity (Wildman–Crippen MR) is 153 cm³/mol. The number of ketones is 1. The molecule has 0 saturated carbocycles. The Morgan fingerprint density at radius 2 is 0.732 bits per heavy atom. The lowest BCUT2D eigenvalue weighted by Crippen LogP contribution is -2.30. The van der Waals surface area contributed by atoms with Crippen LogP contribution < -0.4 is 23.7 Å². The topological polar surface area (TPSA) is 72.5 Å². The van der Waals surface area contributed by atoms with Gasteiger partial charge in [-0.25, -0.2) is 0 Å². The summed E-state index contributed by atoms with van der Waals surface area (Å²) >= 11 is 0. The smallest absolute Gasteiger partial charge is 0.406 e. The molecule has 0 aliphatic carbocycles. The van der Waals surface area contributed by atoms with Gasteiger partial charge in [0, 0.05) is 5.56 Å². The maximum absolute atomic E-state index is 12.9. The van der Waals surface area contributed by atoms with Crippen molar-refractivity contribution in [2.24, 2.45) is 0 Å². The average molecular weight is 549 g/mol. The first-order valence-electron chi connectivity index (χ1n) is 13.0. The van der Waals surface area contributed by atoms with Crippen LogP contribution in [0.5, 0.6) is 28.7 Å². The van der Waals surface area contributed by atoms with E-state index in [1.807, 2.05) is 97.1 Å². The summed E-state index contributed by atoms with van der Waals surface area (Å²) in [5, 5.41) is 0. The summed E-state index contributed by atoms with van der Waals surface area (Å²) in [5.74, 6) is 2.47. The maximum Gasteiger partial charge on any atom is 0.406 e. The van der Waals surface area contributed by atoms with Gasteiger partial charge in [0.25, 0.3) is 0 Å². The third-order valence-corrected chi connectivity index (χ3v) is 5.66. The van der Waals surface area contributed by atoms with Gasteiger partial charge in [-0.05, 0) is 72.8 Å². The third-order valence-electron chi connectivity index (χ3n) is 5.66. The fourth-order valence-electron chi connectivity index (χ4n) is 3.66. The molecule has 206 valence electrons. The second-order valence-electron chi connectivity index (χ2n) is 8.68. The molecule has 41 heavy (non-hydrogen) atoms. The molecule has 5 aromatic rings. The van der Waals surface area contributed by atoms with Crippen molar-refractivity contribution in [3.05, 3.63) is 151 Å². The summed E-state index contributed by atoms with van der Waals surface area (Å²) in [4.78, 5) is 12.9. The van der Waals surface area contributed by atoms with Crippen LogP contribution in [0.25, 0.3) is 0 Å². The molecule has 0 saturated heterocycles. The molecule has 0 unspecified atom stereocenters. The van der Waals surface area contributed by atoms with E-state index in [0.717, 1.165) is 0 Å². The van der Waals surface area contributed by atoms with Gasteiger partial charge in [0.05, 0.1) is 0 Å². The van der Waals surface area contributed by atoms with Gasteiger partial charge in [-0.15, -0.1) is 0 Å². The Balaban J connectivity index is 1.21. The van der Waals surface area contributed by atoms with Crippen molar-refractivity contribution in [3.63, 3.8) is 0 Å². The molecule has 0 N–H and O–H groups in total. The van der Waals surface area contributed by atoms with E-state index in [1.54, 1.807) is 48.5 Å². The second-order valence-corrected chi connectivity index (χ2v) is 8.68. The largest absolute Gasteiger partial charge is 0.432 e. The first-order valence-corrected chi connectivity index (χ1v) is 13.0. The van der Waals surface area contributed by atoms with Crippen molar-refractivity contribution in [3.8, 4) is 28.7 Å². The fourth-order valence-corrected chi connectivity index (χ4v) is 3.66. The van der Waals surface area contributed by atoms with Crippen LogP contribution in [0.2, 0.25) is 0 Å². The Morgan fingerprint density at radius 3 is 1.10 bits per heavy atom. The number of Topliss-reactive ketones (excluding diaryl/α,β-unsaturated/α-hetero) is 1. The first-order chi connectivity index (χ1) is 20.2. The summed E-state index contributed by atoms with van der Waals surface area (Å²) in [5.41, 5.74) is 0.431. The Labute approximate surface area is 238 Å². The quantitative estimate of drug-likeness (QED) is 0.108. The van der Waals surface area contributed by atoms with Crippen LogP contribution in [0.4, 0.5) is 0 Å². The zero-order chi connectivity index (χ0) is 28.1. The van der Waals surface area contributed by atoms with E-state index in [-0.39, 0.29) is 12.4 Å². The molecular weight excluding hydrogens is 520 g/mol. The highest BCUT2D eigenvalue weighted by atomic mass is 16.8. The van der Waals surface area contributed by atoms with E-state index >= 15 is 0 Å². The average Bonchev–Trinajstić information content (AvgIpc) is 3.02. The molecule has 0 fully saturated rings. The molecule has 0 aliphatic rings. The third kappa shape index (κ3) is 8.61. The van der Waals surface area contributed by atoms with Crippen molar-refractivity contribution < 1.29 is 33.2 Å². The van der Waals surface area contributed by atoms with Gasteiger partial charge in [-0.3, -0.25) is 4.79 Å². The Bertz CT molecular complexity index is 1380.